The van der Waals surface area contributed by atoms with Gasteiger partial charge in [0, 0.05) is 12.1 Å². The number of primary amides is 1. The van der Waals surface area contributed by atoms with Crippen molar-refractivity contribution < 1.29 is 13.2 Å². The smallest absolute Gasteiger partial charge is 0.244 e. The van der Waals surface area contributed by atoms with Crippen molar-refractivity contribution in [2.75, 3.05) is 6.54 Å². The van der Waals surface area contributed by atoms with Crippen LogP contribution in [0.4, 0.5) is 0 Å². The number of amides is 1. The van der Waals surface area contributed by atoms with E-state index in [1.165, 1.54) is 10.4 Å². The Morgan fingerprint density at radius 3 is 2.62 bits per heavy atom. The first-order chi connectivity index (χ1) is 9.75. The van der Waals surface area contributed by atoms with Crippen LogP contribution in [-0.4, -0.2) is 36.2 Å². The van der Waals surface area contributed by atoms with Crippen molar-refractivity contribution in [3.8, 4) is 0 Å². The molecule has 0 spiro atoms. The van der Waals surface area contributed by atoms with Crippen molar-refractivity contribution in [2.45, 2.75) is 30.7 Å². The fourth-order valence-electron chi connectivity index (χ4n) is 2.47. The number of aryl methyl sites for hydroxylation is 1. The summed E-state index contributed by atoms with van der Waals surface area (Å²) in [5, 5.41) is 0. The molecule has 1 atom stereocenters. The molecule has 4 N–H and O–H groups in total. The molecular formula is C13H17N3O3S2. The van der Waals surface area contributed by atoms with Crippen LogP contribution in [0.25, 0.3) is 0 Å². The van der Waals surface area contributed by atoms with Crippen molar-refractivity contribution in [2.24, 2.45) is 11.5 Å². The van der Waals surface area contributed by atoms with Crippen LogP contribution in [0.3, 0.4) is 0 Å². The molecule has 1 aliphatic rings. The van der Waals surface area contributed by atoms with Crippen LogP contribution in [0, 0.1) is 6.92 Å². The predicted molar refractivity (Wildman–Crippen MR) is 83.2 cm³/mol. The summed E-state index contributed by atoms with van der Waals surface area (Å²) in [4.78, 5) is 11.7. The van der Waals surface area contributed by atoms with Crippen LogP contribution in [0.2, 0.25) is 0 Å². The summed E-state index contributed by atoms with van der Waals surface area (Å²) in [6.45, 7) is 1.97. The summed E-state index contributed by atoms with van der Waals surface area (Å²) in [5.41, 5.74) is 11.9. The van der Waals surface area contributed by atoms with Gasteiger partial charge in [-0.2, -0.15) is 4.31 Å². The Labute approximate surface area is 129 Å². The van der Waals surface area contributed by atoms with Crippen molar-refractivity contribution in [3.63, 3.8) is 0 Å². The SMILES string of the molecule is Cc1ccc(C(N)=S)cc1S(=O)(=O)N1CCCC1C(N)=O. The number of benzene rings is 1. The quantitative estimate of drug-likeness (QED) is 0.772. The van der Waals surface area contributed by atoms with Gasteiger partial charge in [-0.3, -0.25) is 4.79 Å². The standard InChI is InChI=1S/C13H17N3O3S2/c1-8-4-5-9(13(15)20)7-11(8)21(18,19)16-6-2-3-10(16)12(14)17/h4-5,7,10H,2-3,6H2,1H3,(H2,14,17)(H2,15,20). The molecule has 1 aromatic rings. The van der Waals surface area contributed by atoms with Crippen LogP contribution < -0.4 is 11.5 Å². The minimum Gasteiger partial charge on any atom is -0.389 e. The Balaban J connectivity index is 2.51. The molecule has 1 unspecified atom stereocenters. The number of thiocarbonyl (C=S) groups is 1. The molecule has 1 amide bonds. The molecule has 0 aliphatic carbocycles. The molecule has 1 aliphatic heterocycles. The van der Waals surface area contributed by atoms with Crippen molar-refractivity contribution >= 4 is 33.1 Å². The van der Waals surface area contributed by atoms with E-state index in [4.69, 9.17) is 23.7 Å². The highest BCUT2D eigenvalue weighted by atomic mass is 32.2. The van der Waals surface area contributed by atoms with E-state index in [0.29, 0.717) is 24.0 Å². The third kappa shape index (κ3) is 2.92. The van der Waals surface area contributed by atoms with E-state index in [9.17, 15) is 13.2 Å². The maximum Gasteiger partial charge on any atom is 0.244 e. The van der Waals surface area contributed by atoms with E-state index in [1.807, 2.05) is 0 Å². The molecule has 0 saturated carbocycles. The summed E-state index contributed by atoms with van der Waals surface area (Å²) < 4.78 is 26.7. The average Bonchev–Trinajstić information content (AvgIpc) is 2.88. The van der Waals surface area contributed by atoms with Crippen LogP contribution in [0.1, 0.15) is 24.0 Å². The largest absolute Gasteiger partial charge is 0.389 e. The van der Waals surface area contributed by atoms with E-state index in [2.05, 4.69) is 0 Å². The second kappa shape index (κ2) is 5.70. The molecule has 21 heavy (non-hydrogen) atoms. The Kier molecular flexibility index (Phi) is 4.31. The molecule has 2 rings (SSSR count). The number of hydrogen-bond acceptors (Lipinski definition) is 4. The second-order valence-corrected chi connectivity index (χ2v) is 7.32. The third-order valence-electron chi connectivity index (χ3n) is 3.59. The third-order valence-corrected chi connectivity index (χ3v) is 5.88. The van der Waals surface area contributed by atoms with Gasteiger partial charge >= 0.3 is 0 Å². The summed E-state index contributed by atoms with van der Waals surface area (Å²) in [6.07, 6.45) is 1.06. The molecule has 1 heterocycles. The van der Waals surface area contributed by atoms with Gasteiger partial charge in [0.15, 0.2) is 0 Å². The number of carbonyl (C=O) groups is 1. The van der Waals surface area contributed by atoms with E-state index < -0.39 is 22.0 Å². The molecule has 0 radical (unpaired) electrons. The summed E-state index contributed by atoms with van der Waals surface area (Å²) in [5.74, 6) is -0.626. The van der Waals surface area contributed by atoms with Gasteiger partial charge in [-0.05, 0) is 31.4 Å². The van der Waals surface area contributed by atoms with Gasteiger partial charge in [-0.1, -0.05) is 24.4 Å². The molecule has 0 aromatic heterocycles. The molecule has 6 nitrogen and oxygen atoms in total. The van der Waals surface area contributed by atoms with E-state index in [0.717, 1.165) is 0 Å². The first-order valence-electron chi connectivity index (χ1n) is 6.47. The van der Waals surface area contributed by atoms with E-state index in [-0.39, 0.29) is 16.4 Å². The lowest BCUT2D eigenvalue weighted by atomic mass is 10.1. The number of hydrogen-bond donors (Lipinski definition) is 2. The topological polar surface area (TPSA) is 106 Å². The minimum atomic E-state index is -3.80. The number of carbonyl (C=O) groups excluding carboxylic acids is 1. The Morgan fingerprint density at radius 2 is 2.05 bits per heavy atom. The molecule has 1 fully saturated rings. The number of sulfonamides is 1. The van der Waals surface area contributed by atoms with Crippen molar-refractivity contribution in [1.29, 1.82) is 0 Å². The van der Waals surface area contributed by atoms with Crippen molar-refractivity contribution in [1.82, 2.24) is 4.31 Å². The molecule has 114 valence electrons. The predicted octanol–water partition coefficient (Wildman–Crippen LogP) is 0.268. The van der Waals surface area contributed by atoms with Gasteiger partial charge in [0.05, 0.1) is 4.90 Å². The van der Waals surface area contributed by atoms with Gasteiger partial charge in [0.25, 0.3) is 0 Å². The highest BCUT2D eigenvalue weighted by Gasteiger charge is 2.39. The lowest BCUT2D eigenvalue weighted by Crippen LogP contribution is -2.43. The highest BCUT2D eigenvalue weighted by molar-refractivity contribution is 7.89. The van der Waals surface area contributed by atoms with E-state index >= 15 is 0 Å². The van der Waals surface area contributed by atoms with Gasteiger partial charge in [0.2, 0.25) is 15.9 Å². The van der Waals surface area contributed by atoms with Crippen LogP contribution in [0.5, 0.6) is 0 Å². The molecule has 1 saturated heterocycles. The van der Waals surface area contributed by atoms with Crippen LogP contribution >= 0.6 is 12.2 Å². The van der Waals surface area contributed by atoms with Gasteiger partial charge in [0.1, 0.15) is 11.0 Å². The summed E-state index contributed by atoms with van der Waals surface area (Å²) in [6, 6.07) is 3.98. The molecular weight excluding hydrogens is 310 g/mol. The fourth-order valence-corrected chi connectivity index (χ4v) is 4.51. The normalized spacial score (nSPS) is 19.6. The number of nitrogens with zero attached hydrogens (tertiary/aromatic N) is 1. The second-order valence-electron chi connectivity index (χ2n) is 5.02. The Hall–Kier alpha value is -1.51. The zero-order chi connectivity index (χ0) is 15.8. The molecule has 8 heteroatoms. The minimum absolute atomic E-state index is 0.112. The lowest BCUT2D eigenvalue weighted by molar-refractivity contribution is -0.121. The highest BCUT2D eigenvalue weighted by Crippen LogP contribution is 2.28. The van der Waals surface area contributed by atoms with Crippen LogP contribution in [0.15, 0.2) is 23.1 Å². The molecule has 0 bridgehead atoms. The maximum atomic E-state index is 12.8. The summed E-state index contributed by atoms with van der Waals surface area (Å²) in [7, 11) is -3.80. The Bertz CT molecular complexity index is 701. The maximum absolute atomic E-state index is 12.8. The first-order valence-corrected chi connectivity index (χ1v) is 8.31. The monoisotopic (exact) mass is 327 g/mol. The number of rotatable bonds is 4. The zero-order valence-corrected chi connectivity index (χ0v) is 13.2. The first kappa shape index (κ1) is 15.9. The zero-order valence-electron chi connectivity index (χ0n) is 11.6. The Morgan fingerprint density at radius 1 is 1.38 bits per heavy atom. The fraction of sp³-hybridized carbons (Fsp3) is 0.385. The average molecular weight is 327 g/mol. The number of nitrogens with two attached hydrogens (primary N) is 2. The van der Waals surface area contributed by atoms with Gasteiger partial charge in [-0.15, -0.1) is 0 Å². The summed E-state index contributed by atoms with van der Waals surface area (Å²) >= 11 is 4.88. The van der Waals surface area contributed by atoms with Gasteiger partial charge < -0.3 is 11.5 Å². The van der Waals surface area contributed by atoms with E-state index in [1.54, 1.807) is 19.1 Å². The van der Waals surface area contributed by atoms with Crippen molar-refractivity contribution in [3.05, 3.63) is 29.3 Å². The molecule has 1 aromatic carbocycles. The van der Waals surface area contributed by atoms with Crippen LogP contribution in [-0.2, 0) is 14.8 Å². The lowest BCUT2D eigenvalue weighted by Gasteiger charge is -2.23. The van der Waals surface area contributed by atoms with Gasteiger partial charge in [-0.25, -0.2) is 8.42 Å².